The third-order valence-corrected chi connectivity index (χ3v) is 7.05. The Balaban J connectivity index is 1.44. The molecule has 1 fully saturated rings. The molecule has 2 N–H and O–H groups in total. The molecule has 1 atom stereocenters. The van der Waals surface area contributed by atoms with Crippen molar-refractivity contribution in [3.8, 4) is 17.2 Å². The Labute approximate surface area is 237 Å². The van der Waals surface area contributed by atoms with Crippen LogP contribution in [0.2, 0.25) is 0 Å². The molecule has 0 bridgehead atoms. The van der Waals surface area contributed by atoms with Gasteiger partial charge in [0.05, 0.1) is 25.1 Å². The Morgan fingerprint density at radius 3 is 2.54 bits per heavy atom. The summed E-state index contributed by atoms with van der Waals surface area (Å²) in [6, 6.07) is 18.5. The minimum Gasteiger partial charge on any atom is -0.507 e. The van der Waals surface area contributed by atoms with E-state index in [-0.39, 0.29) is 29.4 Å². The highest BCUT2D eigenvalue weighted by atomic mass is 16.5. The zero-order valence-corrected chi connectivity index (χ0v) is 22.9. The van der Waals surface area contributed by atoms with Gasteiger partial charge in [-0.3, -0.25) is 9.59 Å². The van der Waals surface area contributed by atoms with Crippen LogP contribution in [0.1, 0.15) is 34.7 Å². The number of imidazole rings is 1. The Morgan fingerprint density at radius 2 is 1.83 bits per heavy atom. The van der Waals surface area contributed by atoms with Crippen LogP contribution in [0.25, 0.3) is 5.76 Å². The van der Waals surface area contributed by atoms with Crippen LogP contribution in [0.3, 0.4) is 0 Å². The summed E-state index contributed by atoms with van der Waals surface area (Å²) >= 11 is 0. The normalized spacial score (nSPS) is 16.2. The van der Waals surface area contributed by atoms with Gasteiger partial charge in [-0.25, -0.2) is 4.98 Å². The molecule has 9 nitrogen and oxygen atoms in total. The number of aliphatic hydroxyl groups is 1. The van der Waals surface area contributed by atoms with Gasteiger partial charge in [0.25, 0.3) is 11.7 Å². The van der Waals surface area contributed by atoms with Crippen molar-refractivity contribution < 1.29 is 29.3 Å². The summed E-state index contributed by atoms with van der Waals surface area (Å²) < 4.78 is 13.1. The molecule has 0 saturated carbocycles. The number of carbonyl (C=O) groups is 2. The number of phenols is 1. The highest BCUT2D eigenvalue weighted by molar-refractivity contribution is 6.46. The zero-order valence-electron chi connectivity index (χ0n) is 22.9. The van der Waals surface area contributed by atoms with E-state index in [1.807, 2.05) is 42.0 Å². The minimum atomic E-state index is -0.871. The summed E-state index contributed by atoms with van der Waals surface area (Å²) in [7, 11) is 1.42. The number of aromatic hydroxyl groups is 1. The Hall–Kier alpha value is -5.05. The van der Waals surface area contributed by atoms with Crippen molar-refractivity contribution in [1.82, 2.24) is 14.5 Å². The van der Waals surface area contributed by atoms with E-state index in [4.69, 9.17) is 9.47 Å². The smallest absolute Gasteiger partial charge is 0.295 e. The highest BCUT2D eigenvalue weighted by Crippen LogP contribution is 2.42. The number of Topliss-reactive ketones (excluding diaryl/α,β-unsaturated/α-hetero) is 1. The van der Waals surface area contributed by atoms with Crippen LogP contribution >= 0.6 is 0 Å². The standard InChI is InChI=1S/C32H31N3O6/c1-21-5-3-6-22(17-21)19-41-25-10-7-23(8-11-25)30(37)28-29(24-9-12-26(36)27(18-24)40-2)35(32(39)31(28)38)15-4-14-34-16-13-33-20-34/h3,5-13,16-18,20,29,36-37H,4,14-15,19H2,1-2H3/b30-28+/t29-/m1/s1. The van der Waals surface area contributed by atoms with Gasteiger partial charge in [-0.15, -0.1) is 0 Å². The summed E-state index contributed by atoms with van der Waals surface area (Å²) in [6.45, 7) is 3.27. The van der Waals surface area contributed by atoms with E-state index in [0.717, 1.165) is 11.1 Å². The fourth-order valence-corrected chi connectivity index (χ4v) is 5.00. The monoisotopic (exact) mass is 553 g/mol. The van der Waals surface area contributed by atoms with Gasteiger partial charge in [-0.2, -0.15) is 0 Å². The molecule has 2 heterocycles. The van der Waals surface area contributed by atoms with Gasteiger partial charge >= 0.3 is 0 Å². The van der Waals surface area contributed by atoms with E-state index in [1.54, 1.807) is 48.9 Å². The molecule has 4 aromatic rings. The average molecular weight is 554 g/mol. The molecule has 1 aromatic heterocycles. The number of aliphatic hydroxyl groups excluding tert-OH is 1. The molecular weight excluding hydrogens is 522 g/mol. The number of methoxy groups -OCH3 is 1. The molecule has 1 saturated heterocycles. The molecule has 1 aliphatic heterocycles. The second-order valence-electron chi connectivity index (χ2n) is 9.88. The maximum Gasteiger partial charge on any atom is 0.295 e. The lowest BCUT2D eigenvalue weighted by Crippen LogP contribution is -2.31. The molecule has 9 heteroatoms. The van der Waals surface area contributed by atoms with Crippen LogP contribution in [0.4, 0.5) is 0 Å². The van der Waals surface area contributed by atoms with E-state index in [1.165, 1.54) is 18.1 Å². The molecule has 0 spiro atoms. The topological polar surface area (TPSA) is 114 Å². The number of rotatable bonds is 10. The number of aromatic nitrogens is 2. The molecule has 0 aliphatic carbocycles. The number of phenolic OH excluding ortho intramolecular Hbond substituents is 1. The molecule has 210 valence electrons. The Kier molecular flexibility index (Phi) is 8.05. The molecule has 41 heavy (non-hydrogen) atoms. The van der Waals surface area contributed by atoms with Crippen molar-refractivity contribution >= 4 is 17.4 Å². The first-order valence-corrected chi connectivity index (χ1v) is 13.3. The van der Waals surface area contributed by atoms with Gasteiger partial charge in [0.15, 0.2) is 11.5 Å². The zero-order chi connectivity index (χ0) is 28.9. The maximum atomic E-state index is 13.4. The van der Waals surface area contributed by atoms with Gasteiger partial charge in [0, 0.05) is 31.0 Å². The maximum absolute atomic E-state index is 13.4. The van der Waals surface area contributed by atoms with Crippen molar-refractivity contribution in [2.75, 3.05) is 13.7 Å². The number of benzene rings is 3. The van der Waals surface area contributed by atoms with Gasteiger partial charge in [-0.05, 0) is 60.9 Å². The summed E-state index contributed by atoms with van der Waals surface area (Å²) in [6.07, 6.45) is 5.74. The van der Waals surface area contributed by atoms with E-state index in [9.17, 15) is 19.8 Å². The Bertz CT molecular complexity index is 1580. The average Bonchev–Trinajstić information content (AvgIpc) is 3.59. The number of nitrogens with zero attached hydrogens (tertiary/aromatic N) is 3. The summed E-state index contributed by atoms with van der Waals surface area (Å²) in [4.78, 5) is 32.1. The van der Waals surface area contributed by atoms with Crippen molar-refractivity contribution in [1.29, 1.82) is 0 Å². The van der Waals surface area contributed by atoms with Crippen LogP contribution in [0.5, 0.6) is 17.2 Å². The number of likely N-dealkylation sites (tertiary alicyclic amines) is 1. The predicted molar refractivity (Wildman–Crippen MR) is 152 cm³/mol. The number of ketones is 1. The molecule has 3 aromatic carbocycles. The number of hydrogen-bond acceptors (Lipinski definition) is 7. The van der Waals surface area contributed by atoms with Gasteiger partial charge in [-0.1, -0.05) is 35.9 Å². The van der Waals surface area contributed by atoms with Crippen LogP contribution in [-0.4, -0.2) is 50.0 Å². The van der Waals surface area contributed by atoms with E-state index >= 15 is 0 Å². The molecule has 0 radical (unpaired) electrons. The summed E-state index contributed by atoms with van der Waals surface area (Å²) in [5, 5.41) is 21.5. The molecule has 0 unspecified atom stereocenters. The van der Waals surface area contributed by atoms with Crippen LogP contribution in [-0.2, 0) is 22.7 Å². The van der Waals surface area contributed by atoms with E-state index in [2.05, 4.69) is 4.98 Å². The molecular formula is C32H31N3O6. The first kappa shape index (κ1) is 27.5. The molecule has 5 rings (SSSR count). The molecule has 1 aliphatic rings. The second kappa shape index (κ2) is 12.0. The number of amides is 1. The number of ether oxygens (including phenoxy) is 2. The lowest BCUT2D eigenvalue weighted by Gasteiger charge is -2.26. The summed E-state index contributed by atoms with van der Waals surface area (Å²) in [5.74, 6) is -1.05. The lowest BCUT2D eigenvalue weighted by molar-refractivity contribution is -0.139. The second-order valence-corrected chi connectivity index (χ2v) is 9.88. The third-order valence-electron chi connectivity index (χ3n) is 7.05. The van der Waals surface area contributed by atoms with Gasteiger partial charge in [0.1, 0.15) is 18.1 Å². The van der Waals surface area contributed by atoms with Crippen molar-refractivity contribution in [3.63, 3.8) is 0 Å². The largest absolute Gasteiger partial charge is 0.507 e. The van der Waals surface area contributed by atoms with Crippen molar-refractivity contribution in [2.24, 2.45) is 0 Å². The van der Waals surface area contributed by atoms with E-state index in [0.29, 0.717) is 36.4 Å². The minimum absolute atomic E-state index is 0.0289. The first-order valence-electron chi connectivity index (χ1n) is 13.3. The number of hydrogen-bond donors (Lipinski definition) is 2. The fraction of sp³-hybridized carbons (Fsp3) is 0.219. The summed E-state index contributed by atoms with van der Waals surface area (Å²) in [5.41, 5.74) is 3.06. The fourth-order valence-electron chi connectivity index (χ4n) is 5.00. The van der Waals surface area contributed by atoms with Crippen molar-refractivity contribution in [3.05, 3.63) is 113 Å². The van der Waals surface area contributed by atoms with Crippen molar-refractivity contribution in [2.45, 2.75) is 32.5 Å². The molecule has 1 amide bonds. The van der Waals surface area contributed by atoms with Gasteiger partial charge in [0.2, 0.25) is 0 Å². The van der Waals surface area contributed by atoms with Gasteiger partial charge < -0.3 is 29.2 Å². The van der Waals surface area contributed by atoms with E-state index < -0.39 is 17.7 Å². The number of aryl methyl sites for hydroxylation is 2. The third kappa shape index (κ3) is 5.94. The van der Waals surface area contributed by atoms with Crippen LogP contribution in [0, 0.1) is 6.92 Å². The lowest BCUT2D eigenvalue weighted by atomic mass is 9.95. The Morgan fingerprint density at radius 1 is 1.02 bits per heavy atom. The SMILES string of the molecule is COc1cc([C@@H]2/C(=C(\O)c3ccc(OCc4cccc(C)c4)cc3)C(=O)C(=O)N2CCCn2ccnc2)ccc1O. The van der Waals surface area contributed by atoms with Crippen LogP contribution in [0.15, 0.2) is 91.0 Å². The number of carbonyl (C=O) groups excluding carboxylic acids is 2. The quantitative estimate of drug-likeness (QED) is 0.161. The first-order chi connectivity index (χ1) is 19.9. The van der Waals surface area contributed by atoms with Crippen LogP contribution < -0.4 is 9.47 Å². The predicted octanol–water partition coefficient (Wildman–Crippen LogP) is 5.00. The highest BCUT2D eigenvalue weighted by Gasteiger charge is 2.46.